The van der Waals surface area contributed by atoms with E-state index in [9.17, 15) is 4.39 Å². The summed E-state index contributed by atoms with van der Waals surface area (Å²) < 4.78 is 18.6. The molecule has 0 saturated heterocycles. The molecular formula is C13H11FO. The lowest BCUT2D eigenvalue weighted by molar-refractivity contribution is 0.289. The smallest absolute Gasteiger partial charge is 0.123 e. The summed E-state index contributed by atoms with van der Waals surface area (Å²) in [6, 6.07) is 8.89. The molecule has 0 unspecified atom stereocenters. The lowest BCUT2D eigenvalue weighted by atomic mass is 10.0. The molecule has 0 amide bonds. The van der Waals surface area contributed by atoms with Crippen molar-refractivity contribution in [3.8, 4) is 5.75 Å². The van der Waals surface area contributed by atoms with Crippen LogP contribution < -0.4 is 4.74 Å². The molecule has 15 heavy (non-hydrogen) atoms. The van der Waals surface area contributed by atoms with Gasteiger partial charge in [-0.25, -0.2) is 4.39 Å². The van der Waals surface area contributed by atoms with Crippen LogP contribution in [-0.2, 0) is 6.42 Å². The van der Waals surface area contributed by atoms with E-state index in [0.29, 0.717) is 0 Å². The predicted molar refractivity (Wildman–Crippen MR) is 57.7 cm³/mol. The van der Waals surface area contributed by atoms with Gasteiger partial charge in [-0.15, -0.1) is 0 Å². The van der Waals surface area contributed by atoms with Gasteiger partial charge in [-0.2, -0.15) is 0 Å². The Bertz CT molecular complexity index is 519. The maximum absolute atomic E-state index is 13.0. The van der Waals surface area contributed by atoms with Crippen molar-refractivity contribution in [1.82, 2.24) is 0 Å². The number of aryl methyl sites for hydroxylation is 1. The molecule has 3 rings (SSSR count). The van der Waals surface area contributed by atoms with Gasteiger partial charge in [0.05, 0.1) is 6.61 Å². The Morgan fingerprint density at radius 1 is 1.07 bits per heavy atom. The molecule has 1 heterocycles. The summed E-state index contributed by atoms with van der Waals surface area (Å²) in [7, 11) is 0. The number of rotatable bonds is 0. The first-order valence-electron chi connectivity index (χ1n) is 5.18. The van der Waals surface area contributed by atoms with E-state index >= 15 is 0 Å². The van der Waals surface area contributed by atoms with E-state index in [4.69, 9.17) is 4.74 Å². The summed E-state index contributed by atoms with van der Waals surface area (Å²) in [5.74, 6) is 0.777. The van der Waals surface area contributed by atoms with Crippen LogP contribution in [0.25, 0.3) is 10.8 Å². The van der Waals surface area contributed by atoms with Gasteiger partial charge in [0, 0.05) is 0 Å². The Morgan fingerprint density at radius 3 is 2.93 bits per heavy atom. The summed E-state index contributed by atoms with van der Waals surface area (Å²) in [5, 5.41) is 2.00. The second-order valence-electron chi connectivity index (χ2n) is 3.90. The average molecular weight is 202 g/mol. The van der Waals surface area contributed by atoms with E-state index in [-0.39, 0.29) is 5.82 Å². The van der Waals surface area contributed by atoms with Crippen molar-refractivity contribution in [3.05, 3.63) is 41.7 Å². The summed E-state index contributed by atoms with van der Waals surface area (Å²) in [4.78, 5) is 0. The van der Waals surface area contributed by atoms with Gasteiger partial charge in [0.15, 0.2) is 0 Å². The molecule has 0 aliphatic carbocycles. The van der Waals surface area contributed by atoms with E-state index in [0.717, 1.165) is 36.0 Å². The predicted octanol–water partition coefficient (Wildman–Crippen LogP) is 3.30. The van der Waals surface area contributed by atoms with E-state index in [1.807, 2.05) is 12.1 Å². The fourth-order valence-corrected chi connectivity index (χ4v) is 2.07. The van der Waals surface area contributed by atoms with Crippen molar-refractivity contribution in [2.75, 3.05) is 6.61 Å². The summed E-state index contributed by atoms with van der Waals surface area (Å²) in [6.07, 6.45) is 2.08. The van der Waals surface area contributed by atoms with Crippen molar-refractivity contribution >= 4 is 10.8 Å². The Kier molecular flexibility index (Phi) is 1.88. The van der Waals surface area contributed by atoms with Gasteiger partial charge in [0.25, 0.3) is 0 Å². The molecule has 0 N–H and O–H groups in total. The third-order valence-electron chi connectivity index (χ3n) is 2.83. The highest BCUT2D eigenvalue weighted by molar-refractivity contribution is 5.85. The zero-order valence-corrected chi connectivity index (χ0v) is 8.29. The van der Waals surface area contributed by atoms with Crippen LogP contribution in [0.5, 0.6) is 5.75 Å². The van der Waals surface area contributed by atoms with Crippen molar-refractivity contribution in [1.29, 1.82) is 0 Å². The Balaban J connectivity index is 2.26. The van der Waals surface area contributed by atoms with Crippen LogP contribution in [0.2, 0.25) is 0 Å². The molecule has 0 spiro atoms. The molecule has 0 aromatic heterocycles. The van der Waals surface area contributed by atoms with Crippen LogP contribution in [0, 0.1) is 5.82 Å². The largest absolute Gasteiger partial charge is 0.493 e. The summed E-state index contributed by atoms with van der Waals surface area (Å²) in [5.41, 5.74) is 1.19. The van der Waals surface area contributed by atoms with Gasteiger partial charge in [0.2, 0.25) is 0 Å². The first-order valence-corrected chi connectivity index (χ1v) is 5.18. The molecule has 2 aromatic carbocycles. The molecular weight excluding hydrogens is 191 g/mol. The standard InChI is InChI=1S/C13H11FO/c14-12-4-3-9-8-13-10(2-1-5-15-13)6-11(9)7-12/h3-4,6-8H,1-2,5H2. The monoisotopic (exact) mass is 202 g/mol. The van der Waals surface area contributed by atoms with E-state index in [2.05, 4.69) is 0 Å². The minimum absolute atomic E-state index is 0.181. The third kappa shape index (κ3) is 1.46. The lowest BCUT2D eigenvalue weighted by Gasteiger charge is -2.17. The molecule has 2 aromatic rings. The Labute approximate surface area is 87.5 Å². The molecule has 76 valence electrons. The molecule has 2 heteroatoms. The minimum atomic E-state index is -0.181. The highest BCUT2D eigenvalue weighted by atomic mass is 19.1. The molecule has 1 aliphatic heterocycles. The molecule has 0 atom stereocenters. The van der Waals surface area contributed by atoms with Gasteiger partial charge >= 0.3 is 0 Å². The summed E-state index contributed by atoms with van der Waals surface area (Å²) >= 11 is 0. The molecule has 0 radical (unpaired) electrons. The Morgan fingerprint density at radius 2 is 2.00 bits per heavy atom. The fourth-order valence-electron chi connectivity index (χ4n) is 2.07. The maximum Gasteiger partial charge on any atom is 0.123 e. The van der Waals surface area contributed by atoms with Crippen LogP contribution in [0.1, 0.15) is 12.0 Å². The second kappa shape index (κ2) is 3.23. The normalized spacial score (nSPS) is 14.7. The number of ether oxygens (including phenoxy) is 1. The van der Waals surface area contributed by atoms with E-state index in [1.165, 1.54) is 11.6 Å². The average Bonchev–Trinajstić information content (AvgIpc) is 2.26. The van der Waals surface area contributed by atoms with Gasteiger partial charge in [-0.3, -0.25) is 0 Å². The SMILES string of the molecule is Fc1ccc2cc3c(cc2c1)CCCO3. The zero-order valence-electron chi connectivity index (χ0n) is 8.29. The fraction of sp³-hybridized carbons (Fsp3) is 0.231. The number of benzene rings is 2. The number of fused-ring (bicyclic) bond motifs is 2. The van der Waals surface area contributed by atoms with Gasteiger partial charge in [-0.05, 0) is 53.4 Å². The highest BCUT2D eigenvalue weighted by Gasteiger charge is 2.11. The molecule has 0 saturated carbocycles. The first kappa shape index (κ1) is 8.72. The van der Waals surface area contributed by atoms with Crippen LogP contribution in [0.3, 0.4) is 0 Å². The van der Waals surface area contributed by atoms with Crippen molar-refractivity contribution in [3.63, 3.8) is 0 Å². The van der Waals surface area contributed by atoms with E-state index < -0.39 is 0 Å². The number of hydrogen-bond acceptors (Lipinski definition) is 1. The molecule has 0 fully saturated rings. The second-order valence-corrected chi connectivity index (χ2v) is 3.90. The van der Waals surface area contributed by atoms with Gasteiger partial charge < -0.3 is 4.74 Å². The van der Waals surface area contributed by atoms with Crippen LogP contribution in [0.4, 0.5) is 4.39 Å². The van der Waals surface area contributed by atoms with Gasteiger partial charge in [-0.1, -0.05) is 6.07 Å². The first-order chi connectivity index (χ1) is 7.33. The third-order valence-corrected chi connectivity index (χ3v) is 2.83. The molecule has 1 aliphatic rings. The van der Waals surface area contributed by atoms with Crippen molar-refractivity contribution < 1.29 is 9.13 Å². The minimum Gasteiger partial charge on any atom is -0.493 e. The summed E-state index contributed by atoms with van der Waals surface area (Å²) in [6.45, 7) is 0.791. The number of hydrogen-bond donors (Lipinski definition) is 0. The zero-order chi connectivity index (χ0) is 10.3. The van der Waals surface area contributed by atoms with Crippen LogP contribution in [0.15, 0.2) is 30.3 Å². The van der Waals surface area contributed by atoms with Crippen LogP contribution >= 0.6 is 0 Å². The van der Waals surface area contributed by atoms with Gasteiger partial charge in [0.1, 0.15) is 11.6 Å². The van der Waals surface area contributed by atoms with Crippen molar-refractivity contribution in [2.24, 2.45) is 0 Å². The quantitative estimate of drug-likeness (QED) is 0.636. The topological polar surface area (TPSA) is 9.23 Å². The maximum atomic E-state index is 13.0. The van der Waals surface area contributed by atoms with Crippen molar-refractivity contribution in [2.45, 2.75) is 12.8 Å². The van der Waals surface area contributed by atoms with E-state index in [1.54, 1.807) is 12.1 Å². The highest BCUT2D eigenvalue weighted by Crippen LogP contribution is 2.30. The van der Waals surface area contributed by atoms with Crippen LogP contribution in [-0.4, -0.2) is 6.61 Å². The number of halogens is 1. The Hall–Kier alpha value is -1.57. The molecule has 0 bridgehead atoms. The lowest BCUT2D eigenvalue weighted by Crippen LogP contribution is -2.07. The molecule has 1 nitrogen and oxygen atoms in total.